The molecule has 1 aromatic heterocycles. The molecule has 0 saturated heterocycles. The highest BCUT2D eigenvalue weighted by Crippen LogP contribution is 2.20. The van der Waals surface area contributed by atoms with Gasteiger partial charge in [-0.25, -0.2) is 9.79 Å². The summed E-state index contributed by atoms with van der Waals surface area (Å²) in [6.45, 7) is 1.65. The van der Waals surface area contributed by atoms with Crippen molar-refractivity contribution >= 4 is 28.5 Å². The van der Waals surface area contributed by atoms with Crippen molar-refractivity contribution in [3.8, 4) is 0 Å². The lowest BCUT2D eigenvalue weighted by Gasteiger charge is -2.05. The molecule has 0 radical (unpaired) electrons. The van der Waals surface area contributed by atoms with Gasteiger partial charge >= 0.3 is 5.63 Å². The van der Waals surface area contributed by atoms with Crippen molar-refractivity contribution < 1.29 is 9.21 Å². The van der Waals surface area contributed by atoms with Crippen LogP contribution in [0.1, 0.15) is 5.56 Å². The smallest absolute Gasteiger partial charge is 0.336 e. The van der Waals surface area contributed by atoms with Crippen molar-refractivity contribution in [3.63, 3.8) is 0 Å². The summed E-state index contributed by atoms with van der Waals surface area (Å²) in [7, 11) is 0. The van der Waals surface area contributed by atoms with Gasteiger partial charge in [-0.05, 0) is 24.6 Å². The van der Waals surface area contributed by atoms with Crippen molar-refractivity contribution in [3.05, 3.63) is 40.2 Å². The van der Waals surface area contributed by atoms with Crippen LogP contribution in [0.2, 0.25) is 0 Å². The summed E-state index contributed by atoms with van der Waals surface area (Å²) in [5.74, 6) is -0.520. The van der Waals surface area contributed by atoms with E-state index in [4.69, 9.17) is 15.9 Å². The molecule has 0 spiro atoms. The number of benzene rings is 1. The van der Waals surface area contributed by atoms with Gasteiger partial charge in [0.15, 0.2) is 5.96 Å². The lowest BCUT2D eigenvalue weighted by atomic mass is 10.1. The van der Waals surface area contributed by atoms with E-state index in [1.807, 2.05) is 6.92 Å². The molecule has 0 fully saturated rings. The maximum Gasteiger partial charge on any atom is 0.336 e. The molecule has 2 aromatic rings. The predicted octanol–water partition coefficient (Wildman–Crippen LogP) is 0.313. The number of carbonyl (C=O) groups is 1. The number of aliphatic imine (C=N–C) groups is 1. The van der Waals surface area contributed by atoms with Gasteiger partial charge in [-0.3, -0.25) is 4.79 Å². The van der Waals surface area contributed by atoms with Gasteiger partial charge in [0.05, 0.1) is 0 Å². The van der Waals surface area contributed by atoms with Gasteiger partial charge in [0.2, 0.25) is 5.91 Å². The SMILES string of the molecule is Cc1cc(=O)oc2cc(NC(=O)CN=C(N)N)ccc12. The molecule has 7 heteroatoms. The van der Waals surface area contributed by atoms with Crippen LogP contribution in [0.25, 0.3) is 11.0 Å². The minimum Gasteiger partial charge on any atom is -0.423 e. The zero-order valence-electron chi connectivity index (χ0n) is 10.8. The molecule has 104 valence electrons. The summed E-state index contributed by atoms with van der Waals surface area (Å²) in [6, 6.07) is 6.48. The molecule has 1 amide bonds. The molecule has 0 saturated carbocycles. The Labute approximate surface area is 114 Å². The van der Waals surface area contributed by atoms with Crippen LogP contribution in [-0.4, -0.2) is 18.4 Å². The zero-order chi connectivity index (χ0) is 14.7. The number of aryl methyl sites for hydroxylation is 1. The molecule has 5 N–H and O–H groups in total. The summed E-state index contributed by atoms with van der Waals surface area (Å²) in [4.78, 5) is 26.5. The molecule has 7 nitrogen and oxygen atoms in total. The number of nitrogens with zero attached hydrogens (tertiary/aromatic N) is 1. The standard InChI is InChI=1S/C13H14N4O3/c1-7-4-12(19)20-10-5-8(2-3-9(7)10)17-11(18)6-16-13(14)15/h2-5H,6H2,1H3,(H,17,18)(H4,14,15,16). The highest BCUT2D eigenvalue weighted by molar-refractivity contribution is 5.95. The second-order valence-electron chi connectivity index (χ2n) is 4.25. The number of fused-ring (bicyclic) bond motifs is 1. The fourth-order valence-electron chi connectivity index (χ4n) is 1.77. The number of carbonyl (C=O) groups excluding carboxylic acids is 1. The van der Waals surface area contributed by atoms with Gasteiger partial charge in [-0.1, -0.05) is 0 Å². The van der Waals surface area contributed by atoms with Crippen molar-refractivity contribution in [1.82, 2.24) is 0 Å². The summed E-state index contributed by atoms with van der Waals surface area (Å²) < 4.78 is 5.09. The highest BCUT2D eigenvalue weighted by Gasteiger charge is 2.06. The van der Waals surface area contributed by atoms with Gasteiger partial charge in [-0.2, -0.15) is 0 Å². The molecule has 20 heavy (non-hydrogen) atoms. The van der Waals surface area contributed by atoms with Gasteiger partial charge in [-0.15, -0.1) is 0 Å². The normalized spacial score (nSPS) is 10.2. The number of rotatable bonds is 3. The fraction of sp³-hybridized carbons (Fsp3) is 0.154. The Morgan fingerprint density at radius 2 is 2.10 bits per heavy atom. The Morgan fingerprint density at radius 3 is 2.80 bits per heavy atom. The largest absolute Gasteiger partial charge is 0.423 e. The van der Waals surface area contributed by atoms with Crippen molar-refractivity contribution in [2.75, 3.05) is 11.9 Å². The summed E-state index contributed by atoms with van der Waals surface area (Å²) in [5, 5.41) is 3.42. The molecule has 0 aliphatic rings. The van der Waals surface area contributed by atoms with Crippen LogP contribution in [0.4, 0.5) is 5.69 Å². The van der Waals surface area contributed by atoms with E-state index in [0.717, 1.165) is 10.9 Å². The van der Waals surface area contributed by atoms with E-state index in [1.54, 1.807) is 18.2 Å². The second kappa shape index (κ2) is 5.43. The predicted molar refractivity (Wildman–Crippen MR) is 76.5 cm³/mol. The molecule has 0 bridgehead atoms. The van der Waals surface area contributed by atoms with E-state index in [9.17, 15) is 9.59 Å². The summed E-state index contributed by atoms with van der Waals surface area (Å²) in [5.41, 5.74) is 11.6. The third-order valence-electron chi connectivity index (χ3n) is 2.64. The first-order valence-corrected chi connectivity index (χ1v) is 5.85. The van der Waals surface area contributed by atoms with Crippen LogP contribution < -0.4 is 22.4 Å². The highest BCUT2D eigenvalue weighted by atomic mass is 16.4. The van der Waals surface area contributed by atoms with Gasteiger partial charge in [0, 0.05) is 23.2 Å². The lowest BCUT2D eigenvalue weighted by molar-refractivity contribution is -0.114. The van der Waals surface area contributed by atoms with E-state index in [0.29, 0.717) is 11.3 Å². The van der Waals surface area contributed by atoms with E-state index < -0.39 is 5.63 Å². The van der Waals surface area contributed by atoms with Crippen LogP contribution in [0.5, 0.6) is 0 Å². The minimum absolute atomic E-state index is 0.153. The number of guanidine groups is 1. The Kier molecular flexibility index (Phi) is 3.69. The molecule has 2 rings (SSSR count). The molecule has 0 unspecified atom stereocenters. The van der Waals surface area contributed by atoms with Crippen LogP contribution in [0.3, 0.4) is 0 Å². The number of amides is 1. The average molecular weight is 274 g/mol. The van der Waals surface area contributed by atoms with E-state index in [-0.39, 0.29) is 18.4 Å². The summed E-state index contributed by atoms with van der Waals surface area (Å²) >= 11 is 0. The lowest BCUT2D eigenvalue weighted by Crippen LogP contribution is -2.25. The minimum atomic E-state index is -0.431. The van der Waals surface area contributed by atoms with Gasteiger partial charge < -0.3 is 21.2 Å². The monoisotopic (exact) mass is 274 g/mol. The van der Waals surface area contributed by atoms with Gasteiger partial charge in [0.25, 0.3) is 0 Å². The number of hydrogen-bond acceptors (Lipinski definition) is 4. The first-order valence-electron chi connectivity index (χ1n) is 5.85. The Bertz CT molecular complexity index is 745. The van der Waals surface area contributed by atoms with Gasteiger partial charge in [0.1, 0.15) is 12.1 Å². The van der Waals surface area contributed by atoms with E-state index >= 15 is 0 Å². The maximum absolute atomic E-state index is 11.6. The van der Waals surface area contributed by atoms with Crippen molar-refractivity contribution in [1.29, 1.82) is 0 Å². The molecule has 1 aromatic carbocycles. The van der Waals surface area contributed by atoms with Crippen molar-refractivity contribution in [2.24, 2.45) is 16.5 Å². The first kappa shape index (κ1) is 13.6. The number of hydrogen-bond donors (Lipinski definition) is 3. The molecule has 1 heterocycles. The van der Waals surface area contributed by atoms with Crippen LogP contribution in [-0.2, 0) is 4.79 Å². The van der Waals surface area contributed by atoms with Crippen LogP contribution in [0.15, 0.2) is 38.5 Å². The molecular weight excluding hydrogens is 260 g/mol. The fourth-order valence-corrected chi connectivity index (χ4v) is 1.77. The number of nitrogens with one attached hydrogen (secondary N) is 1. The Balaban J connectivity index is 2.26. The van der Waals surface area contributed by atoms with Crippen molar-refractivity contribution in [2.45, 2.75) is 6.92 Å². The quantitative estimate of drug-likeness (QED) is 0.422. The number of anilines is 1. The average Bonchev–Trinajstić information content (AvgIpc) is 2.35. The molecular formula is C13H14N4O3. The zero-order valence-corrected chi connectivity index (χ0v) is 10.8. The molecule has 0 atom stereocenters. The van der Waals surface area contributed by atoms with E-state index in [1.165, 1.54) is 6.07 Å². The third kappa shape index (κ3) is 3.14. The topological polar surface area (TPSA) is 124 Å². The third-order valence-corrected chi connectivity index (χ3v) is 2.64. The first-order chi connectivity index (χ1) is 9.45. The van der Waals surface area contributed by atoms with Crippen LogP contribution >= 0.6 is 0 Å². The number of nitrogens with two attached hydrogens (primary N) is 2. The second-order valence-corrected chi connectivity index (χ2v) is 4.25. The Morgan fingerprint density at radius 1 is 1.35 bits per heavy atom. The summed E-state index contributed by atoms with van der Waals surface area (Å²) in [6.07, 6.45) is 0. The molecule has 0 aliphatic carbocycles. The van der Waals surface area contributed by atoms with Crippen LogP contribution in [0, 0.1) is 6.92 Å². The van der Waals surface area contributed by atoms with E-state index in [2.05, 4.69) is 10.3 Å². The maximum atomic E-state index is 11.6. The molecule has 0 aliphatic heterocycles. The Hall–Kier alpha value is -2.83.